The lowest BCUT2D eigenvalue weighted by Gasteiger charge is -2.12. The van der Waals surface area contributed by atoms with Crippen LogP contribution in [0.25, 0.3) is 11.4 Å². The van der Waals surface area contributed by atoms with E-state index in [2.05, 4.69) is 9.97 Å². The maximum Gasteiger partial charge on any atom is 0.179 e. The van der Waals surface area contributed by atoms with E-state index in [4.69, 9.17) is 32.7 Å². The zero-order chi connectivity index (χ0) is 15.6. The van der Waals surface area contributed by atoms with E-state index in [0.717, 1.165) is 23.2 Å². The fourth-order valence-electron chi connectivity index (χ4n) is 2.14. The van der Waals surface area contributed by atoms with Crippen LogP contribution in [0.5, 0.6) is 11.5 Å². The summed E-state index contributed by atoms with van der Waals surface area (Å²) in [5, 5.41) is 0.898. The highest BCUT2D eigenvalue weighted by atomic mass is 35.5. The molecule has 4 nitrogen and oxygen atoms in total. The van der Waals surface area contributed by atoms with Crippen molar-refractivity contribution in [3.05, 3.63) is 33.6 Å². The van der Waals surface area contributed by atoms with Gasteiger partial charge in [0.1, 0.15) is 5.15 Å². The Balaban J connectivity index is 2.60. The Kier molecular flexibility index (Phi) is 4.91. The first-order chi connectivity index (χ1) is 10.0. The van der Waals surface area contributed by atoms with E-state index in [0.29, 0.717) is 27.5 Å². The van der Waals surface area contributed by atoms with Gasteiger partial charge in [-0.15, -0.1) is 0 Å². The van der Waals surface area contributed by atoms with Gasteiger partial charge in [-0.2, -0.15) is 0 Å². The first-order valence-electron chi connectivity index (χ1n) is 6.46. The predicted molar refractivity (Wildman–Crippen MR) is 84.7 cm³/mol. The van der Waals surface area contributed by atoms with Crippen LogP contribution in [0.15, 0.2) is 12.1 Å². The van der Waals surface area contributed by atoms with Gasteiger partial charge in [0.2, 0.25) is 0 Å². The molecule has 2 aromatic rings. The van der Waals surface area contributed by atoms with Gasteiger partial charge < -0.3 is 9.47 Å². The van der Waals surface area contributed by atoms with Gasteiger partial charge in [0.15, 0.2) is 17.3 Å². The van der Waals surface area contributed by atoms with Gasteiger partial charge in [0.05, 0.1) is 19.2 Å². The maximum atomic E-state index is 6.22. The topological polar surface area (TPSA) is 44.2 Å². The number of hydrogen-bond donors (Lipinski definition) is 0. The standard InChI is InChI=1S/C15H16Cl2N2O2/c1-5-10-8(2)18-15(19-14(10)17)9-6-11(16)13(21-4)12(7-9)20-3/h6-7H,5H2,1-4H3. The van der Waals surface area contributed by atoms with E-state index >= 15 is 0 Å². The van der Waals surface area contributed by atoms with Crippen LogP contribution < -0.4 is 9.47 Å². The van der Waals surface area contributed by atoms with Gasteiger partial charge >= 0.3 is 0 Å². The molecule has 0 unspecified atom stereocenters. The van der Waals surface area contributed by atoms with Crippen LogP contribution in [0.4, 0.5) is 0 Å². The highest BCUT2D eigenvalue weighted by Crippen LogP contribution is 2.38. The number of rotatable bonds is 4. The summed E-state index contributed by atoms with van der Waals surface area (Å²) >= 11 is 12.4. The Morgan fingerprint density at radius 2 is 1.81 bits per heavy atom. The molecule has 0 aliphatic rings. The molecular formula is C15H16Cl2N2O2. The lowest BCUT2D eigenvalue weighted by molar-refractivity contribution is 0.355. The van der Waals surface area contributed by atoms with Gasteiger partial charge in [0, 0.05) is 16.8 Å². The highest BCUT2D eigenvalue weighted by Gasteiger charge is 2.15. The third kappa shape index (κ3) is 3.06. The average Bonchev–Trinajstić information content (AvgIpc) is 2.45. The lowest BCUT2D eigenvalue weighted by Crippen LogP contribution is -2.00. The van der Waals surface area contributed by atoms with Crippen molar-refractivity contribution in [3.8, 4) is 22.9 Å². The highest BCUT2D eigenvalue weighted by molar-refractivity contribution is 6.32. The lowest BCUT2D eigenvalue weighted by atomic mass is 10.1. The van der Waals surface area contributed by atoms with E-state index in [1.165, 1.54) is 7.11 Å². The molecule has 0 saturated heterocycles. The second kappa shape index (κ2) is 6.50. The van der Waals surface area contributed by atoms with E-state index in [1.54, 1.807) is 19.2 Å². The number of hydrogen-bond acceptors (Lipinski definition) is 4. The third-order valence-electron chi connectivity index (χ3n) is 3.21. The second-order valence-corrected chi connectivity index (χ2v) is 5.21. The van der Waals surface area contributed by atoms with Gasteiger partial charge in [-0.05, 0) is 25.5 Å². The Morgan fingerprint density at radius 1 is 1.10 bits per heavy atom. The van der Waals surface area contributed by atoms with E-state index < -0.39 is 0 Å². The Bertz CT molecular complexity index is 652. The largest absolute Gasteiger partial charge is 0.493 e. The molecule has 0 spiro atoms. The first kappa shape index (κ1) is 15.9. The van der Waals surface area contributed by atoms with Crippen molar-refractivity contribution in [1.82, 2.24) is 9.97 Å². The van der Waals surface area contributed by atoms with Crippen molar-refractivity contribution in [2.24, 2.45) is 0 Å². The third-order valence-corrected chi connectivity index (χ3v) is 3.80. The van der Waals surface area contributed by atoms with Crippen LogP contribution in [-0.4, -0.2) is 24.2 Å². The molecule has 0 bridgehead atoms. The van der Waals surface area contributed by atoms with Crippen LogP contribution in [-0.2, 0) is 6.42 Å². The molecule has 1 aromatic heterocycles. The fraction of sp³-hybridized carbons (Fsp3) is 0.333. The maximum absolute atomic E-state index is 6.22. The van der Waals surface area contributed by atoms with Gasteiger partial charge in [-0.25, -0.2) is 9.97 Å². The van der Waals surface area contributed by atoms with Crippen molar-refractivity contribution >= 4 is 23.2 Å². The molecule has 1 aromatic carbocycles. The summed E-state index contributed by atoms with van der Waals surface area (Å²) < 4.78 is 10.5. The molecule has 0 saturated carbocycles. The van der Waals surface area contributed by atoms with Gasteiger partial charge in [-0.3, -0.25) is 0 Å². The molecule has 0 aliphatic carbocycles. The zero-order valence-corrected chi connectivity index (χ0v) is 13.8. The number of benzene rings is 1. The summed E-state index contributed by atoms with van der Waals surface area (Å²) in [4.78, 5) is 8.84. The Morgan fingerprint density at radius 3 is 2.33 bits per heavy atom. The second-order valence-electron chi connectivity index (χ2n) is 4.45. The minimum absolute atomic E-state index is 0.434. The van der Waals surface area contributed by atoms with Gasteiger partial charge in [-0.1, -0.05) is 30.1 Å². The first-order valence-corrected chi connectivity index (χ1v) is 7.22. The van der Waals surface area contributed by atoms with Crippen LogP contribution in [0.2, 0.25) is 10.2 Å². The zero-order valence-electron chi connectivity index (χ0n) is 12.3. The van der Waals surface area contributed by atoms with E-state index in [1.807, 2.05) is 13.8 Å². The van der Waals surface area contributed by atoms with Crippen molar-refractivity contribution in [2.45, 2.75) is 20.3 Å². The number of nitrogens with zero attached hydrogens (tertiary/aromatic N) is 2. The summed E-state index contributed by atoms with van der Waals surface area (Å²) in [7, 11) is 3.09. The van der Waals surface area contributed by atoms with Gasteiger partial charge in [0.25, 0.3) is 0 Å². The molecule has 6 heteroatoms. The molecule has 0 atom stereocenters. The normalized spacial score (nSPS) is 10.6. The number of aryl methyl sites for hydroxylation is 1. The molecule has 21 heavy (non-hydrogen) atoms. The number of aromatic nitrogens is 2. The molecule has 0 fully saturated rings. The summed E-state index contributed by atoms with van der Waals surface area (Å²) in [6, 6.07) is 3.51. The quantitative estimate of drug-likeness (QED) is 0.784. The fourth-order valence-corrected chi connectivity index (χ4v) is 2.78. The molecule has 1 heterocycles. The van der Waals surface area contributed by atoms with Crippen molar-refractivity contribution in [3.63, 3.8) is 0 Å². The Labute approximate surface area is 134 Å². The Hall–Kier alpha value is -1.52. The van der Waals surface area contributed by atoms with Crippen LogP contribution in [0.3, 0.4) is 0 Å². The predicted octanol–water partition coefficient (Wildman–Crippen LogP) is 4.34. The smallest absolute Gasteiger partial charge is 0.179 e. The van der Waals surface area contributed by atoms with Crippen LogP contribution >= 0.6 is 23.2 Å². The SMILES string of the molecule is CCc1c(C)nc(-c2cc(Cl)c(OC)c(OC)c2)nc1Cl. The van der Waals surface area contributed by atoms with Crippen molar-refractivity contribution < 1.29 is 9.47 Å². The molecule has 0 amide bonds. The average molecular weight is 327 g/mol. The van der Waals surface area contributed by atoms with Crippen molar-refractivity contribution in [2.75, 3.05) is 14.2 Å². The van der Waals surface area contributed by atoms with E-state index in [-0.39, 0.29) is 0 Å². The molecule has 2 rings (SSSR count). The van der Waals surface area contributed by atoms with Crippen molar-refractivity contribution in [1.29, 1.82) is 0 Å². The monoisotopic (exact) mass is 326 g/mol. The summed E-state index contributed by atoms with van der Waals surface area (Å²) in [6.07, 6.45) is 0.789. The number of halogens is 2. The molecule has 0 radical (unpaired) electrons. The minimum atomic E-state index is 0.434. The van der Waals surface area contributed by atoms with E-state index in [9.17, 15) is 0 Å². The molecule has 112 valence electrons. The molecular weight excluding hydrogens is 311 g/mol. The number of ether oxygens (including phenoxy) is 2. The molecule has 0 N–H and O–H groups in total. The number of methoxy groups -OCH3 is 2. The summed E-state index contributed by atoms with van der Waals surface area (Å²) in [6.45, 7) is 3.93. The van der Waals surface area contributed by atoms with Crippen LogP contribution in [0.1, 0.15) is 18.2 Å². The summed E-state index contributed by atoms with van der Waals surface area (Å²) in [5.41, 5.74) is 2.54. The summed E-state index contributed by atoms with van der Waals surface area (Å²) in [5.74, 6) is 1.52. The minimum Gasteiger partial charge on any atom is -0.493 e. The van der Waals surface area contributed by atoms with Crippen LogP contribution in [0, 0.1) is 6.92 Å². The molecule has 0 aliphatic heterocycles.